The van der Waals surface area contributed by atoms with Gasteiger partial charge in [0.25, 0.3) is 5.91 Å². The molecule has 1 aromatic carbocycles. The molecule has 11 heteroatoms. The zero-order chi connectivity index (χ0) is 24.0. The lowest BCUT2D eigenvalue weighted by Crippen LogP contribution is -2.55. The smallest absolute Gasteiger partial charge is 0.344 e. The van der Waals surface area contributed by atoms with Gasteiger partial charge in [0.1, 0.15) is 5.60 Å². The number of benzene rings is 1. The molecule has 0 aliphatic carbocycles. The van der Waals surface area contributed by atoms with Gasteiger partial charge in [0.05, 0.1) is 17.8 Å². The Kier molecular flexibility index (Phi) is 8.59. The predicted octanol–water partition coefficient (Wildman–Crippen LogP) is 0.923. The minimum absolute atomic E-state index is 0.0878. The average molecular weight is 457 g/mol. The Labute approximate surface area is 183 Å². The number of aryl methyl sites for hydroxylation is 1. The highest BCUT2D eigenvalue weighted by molar-refractivity contribution is 7.91. The summed E-state index contributed by atoms with van der Waals surface area (Å²) in [6, 6.07) is 6.39. The molecular weight excluding hydrogens is 424 g/mol. The highest BCUT2D eigenvalue weighted by Gasteiger charge is 2.50. The van der Waals surface area contributed by atoms with Crippen molar-refractivity contribution in [3.8, 4) is 0 Å². The Morgan fingerprint density at radius 1 is 1.13 bits per heavy atom. The molecule has 0 bridgehead atoms. The fourth-order valence-electron chi connectivity index (χ4n) is 2.75. The summed E-state index contributed by atoms with van der Waals surface area (Å²) < 4.78 is 30.8. The molecule has 1 rings (SSSR count). The van der Waals surface area contributed by atoms with Gasteiger partial charge in [-0.25, -0.2) is 23.3 Å². The zero-order valence-electron chi connectivity index (χ0n) is 18.8. The Bertz CT molecular complexity index is 918. The summed E-state index contributed by atoms with van der Waals surface area (Å²) >= 11 is 0. The van der Waals surface area contributed by atoms with Crippen LogP contribution in [-0.2, 0) is 29.0 Å². The molecule has 0 radical (unpaired) electrons. The number of rotatable bonds is 9. The van der Waals surface area contributed by atoms with Crippen LogP contribution in [0.4, 0.5) is 0 Å². The molecule has 4 N–H and O–H groups in total. The number of esters is 1. The largest absolute Gasteiger partial charge is 0.458 e. The average Bonchev–Trinajstić information content (AvgIpc) is 2.64. The van der Waals surface area contributed by atoms with Crippen molar-refractivity contribution in [1.82, 2.24) is 5.06 Å². The fraction of sp³-hybridized carbons (Fsp3) is 0.550. The first-order valence-electron chi connectivity index (χ1n) is 9.60. The molecule has 0 saturated heterocycles. The van der Waals surface area contributed by atoms with Crippen LogP contribution in [0.2, 0.25) is 0 Å². The lowest BCUT2D eigenvalue weighted by molar-refractivity contribution is -0.184. The fourth-order valence-corrected chi connectivity index (χ4v) is 4.06. The molecule has 1 aromatic rings. The second kappa shape index (κ2) is 10.1. The minimum atomic E-state index is -3.66. The summed E-state index contributed by atoms with van der Waals surface area (Å²) in [5, 5.41) is 0.796. The topological polar surface area (TPSA) is 154 Å². The molecule has 1 atom stereocenters. The third-order valence-corrected chi connectivity index (χ3v) is 6.12. The molecule has 0 fully saturated rings. The standard InChI is InChI=1S/C20H32N4O6S/c1-14-8-10-15(11-9-14)31(27,28)13-7-12-20(23-18(21)22,16(25)24(5)29-6)17(26)30-19(2,3)4/h8-11H,7,12-13H2,1-6H3,(H4,21,22,23)/t20-/m0/s1. The monoisotopic (exact) mass is 456 g/mol. The van der Waals surface area contributed by atoms with E-state index in [2.05, 4.69) is 4.99 Å². The first-order chi connectivity index (χ1) is 14.1. The van der Waals surface area contributed by atoms with Gasteiger partial charge in [0, 0.05) is 7.05 Å². The summed E-state index contributed by atoms with van der Waals surface area (Å²) in [6.07, 6.45) is -0.396. The normalized spacial score (nSPS) is 13.7. The van der Waals surface area contributed by atoms with Gasteiger partial charge in [-0.2, -0.15) is 0 Å². The van der Waals surface area contributed by atoms with Crippen molar-refractivity contribution in [3.05, 3.63) is 29.8 Å². The number of ether oxygens (including phenoxy) is 1. The molecule has 0 unspecified atom stereocenters. The molecule has 0 aliphatic heterocycles. The van der Waals surface area contributed by atoms with Gasteiger partial charge in [-0.05, 0) is 52.7 Å². The van der Waals surface area contributed by atoms with Crippen LogP contribution in [0.1, 0.15) is 39.2 Å². The predicted molar refractivity (Wildman–Crippen MR) is 117 cm³/mol. The van der Waals surface area contributed by atoms with E-state index in [1.807, 2.05) is 6.92 Å². The highest BCUT2D eigenvalue weighted by Crippen LogP contribution is 2.27. The lowest BCUT2D eigenvalue weighted by Gasteiger charge is -2.32. The number of carbonyl (C=O) groups is 2. The summed E-state index contributed by atoms with van der Waals surface area (Å²) in [7, 11) is -1.14. The number of likely N-dealkylation sites (N-methyl/N-ethyl adjacent to an activating group) is 1. The number of aliphatic imine (C=N–C) groups is 1. The van der Waals surface area contributed by atoms with Crippen molar-refractivity contribution in [2.75, 3.05) is 19.9 Å². The number of nitrogens with zero attached hydrogens (tertiary/aromatic N) is 2. The van der Waals surface area contributed by atoms with Crippen LogP contribution < -0.4 is 11.5 Å². The van der Waals surface area contributed by atoms with Crippen LogP contribution >= 0.6 is 0 Å². The molecule has 0 aromatic heterocycles. The van der Waals surface area contributed by atoms with E-state index in [0.717, 1.165) is 10.6 Å². The Balaban J connectivity index is 3.29. The van der Waals surface area contributed by atoms with Crippen molar-refractivity contribution < 1.29 is 27.6 Å². The molecule has 0 saturated carbocycles. The molecule has 10 nitrogen and oxygen atoms in total. The number of hydrogen-bond donors (Lipinski definition) is 2. The van der Waals surface area contributed by atoms with Crippen molar-refractivity contribution in [3.63, 3.8) is 0 Å². The summed E-state index contributed by atoms with van der Waals surface area (Å²) in [6.45, 7) is 6.71. The second-order valence-electron chi connectivity index (χ2n) is 8.12. The van der Waals surface area contributed by atoms with Crippen LogP contribution in [0.5, 0.6) is 0 Å². The Hall–Kier alpha value is -2.66. The van der Waals surface area contributed by atoms with E-state index in [1.165, 1.54) is 26.3 Å². The van der Waals surface area contributed by atoms with E-state index in [1.54, 1.807) is 32.9 Å². The maximum Gasteiger partial charge on any atom is 0.344 e. The summed E-state index contributed by atoms with van der Waals surface area (Å²) in [5.41, 5.74) is 8.81. The van der Waals surface area contributed by atoms with E-state index in [9.17, 15) is 18.0 Å². The third-order valence-electron chi connectivity index (χ3n) is 4.30. The van der Waals surface area contributed by atoms with Crippen LogP contribution in [0, 0.1) is 6.92 Å². The first kappa shape index (κ1) is 26.4. The van der Waals surface area contributed by atoms with Crippen LogP contribution in [0.15, 0.2) is 34.2 Å². The maximum absolute atomic E-state index is 13.1. The van der Waals surface area contributed by atoms with Gasteiger partial charge in [-0.3, -0.25) is 9.63 Å². The van der Waals surface area contributed by atoms with Gasteiger partial charge in [0.15, 0.2) is 15.8 Å². The van der Waals surface area contributed by atoms with Crippen molar-refractivity contribution in [1.29, 1.82) is 0 Å². The van der Waals surface area contributed by atoms with Crippen LogP contribution in [-0.4, -0.2) is 62.4 Å². The zero-order valence-corrected chi connectivity index (χ0v) is 19.7. The van der Waals surface area contributed by atoms with Crippen molar-refractivity contribution >= 4 is 27.7 Å². The molecule has 0 aliphatic rings. The number of sulfone groups is 1. The van der Waals surface area contributed by atoms with Gasteiger partial charge in [-0.15, -0.1) is 0 Å². The third kappa shape index (κ3) is 7.21. The number of guanidine groups is 1. The molecular formula is C20H32N4O6S. The lowest BCUT2D eigenvalue weighted by atomic mass is 9.92. The number of hydrogen-bond acceptors (Lipinski definition) is 7. The van der Waals surface area contributed by atoms with Crippen LogP contribution in [0.25, 0.3) is 0 Å². The van der Waals surface area contributed by atoms with Gasteiger partial charge in [-0.1, -0.05) is 17.7 Å². The van der Waals surface area contributed by atoms with Gasteiger partial charge >= 0.3 is 5.97 Å². The number of nitrogens with two attached hydrogens (primary N) is 2. The molecule has 31 heavy (non-hydrogen) atoms. The summed E-state index contributed by atoms with van der Waals surface area (Å²) in [4.78, 5) is 35.1. The van der Waals surface area contributed by atoms with Crippen molar-refractivity contribution in [2.24, 2.45) is 16.5 Å². The Morgan fingerprint density at radius 3 is 2.13 bits per heavy atom. The van der Waals surface area contributed by atoms with E-state index in [4.69, 9.17) is 21.0 Å². The maximum atomic E-state index is 13.1. The number of hydroxylamine groups is 2. The van der Waals surface area contributed by atoms with Crippen LogP contribution in [0.3, 0.4) is 0 Å². The van der Waals surface area contributed by atoms with E-state index >= 15 is 0 Å². The van der Waals surface area contributed by atoms with Crippen molar-refractivity contribution in [2.45, 2.75) is 56.6 Å². The quantitative estimate of drug-likeness (QED) is 0.183. The minimum Gasteiger partial charge on any atom is -0.458 e. The highest BCUT2D eigenvalue weighted by atomic mass is 32.2. The van der Waals surface area contributed by atoms with Gasteiger partial charge < -0.3 is 16.2 Å². The van der Waals surface area contributed by atoms with Gasteiger partial charge in [0.2, 0.25) is 5.54 Å². The Morgan fingerprint density at radius 2 is 1.68 bits per heavy atom. The number of carbonyl (C=O) groups excluding carboxylic acids is 2. The first-order valence-corrected chi connectivity index (χ1v) is 11.3. The van der Waals surface area contributed by atoms with E-state index in [-0.39, 0.29) is 23.5 Å². The number of amides is 1. The molecule has 174 valence electrons. The summed E-state index contributed by atoms with van der Waals surface area (Å²) in [5.74, 6) is -2.74. The molecule has 0 heterocycles. The van der Waals surface area contributed by atoms with E-state index in [0.29, 0.717) is 0 Å². The second-order valence-corrected chi connectivity index (χ2v) is 10.2. The molecule has 1 amide bonds. The SMILES string of the molecule is CON(C)C(=O)[C@](CCCS(=O)(=O)c1ccc(C)cc1)(N=C(N)N)C(=O)OC(C)(C)C. The van der Waals surface area contributed by atoms with E-state index < -0.39 is 38.8 Å². The molecule has 0 spiro atoms.